The van der Waals surface area contributed by atoms with Gasteiger partial charge in [0.2, 0.25) is 0 Å². The largest absolute Gasteiger partial charge is 0.396 e. The van der Waals surface area contributed by atoms with E-state index in [-0.39, 0.29) is 18.9 Å². The van der Waals surface area contributed by atoms with E-state index in [0.717, 1.165) is 0 Å². The fourth-order valence-corrected chi connectivity index (χ4v) is 1.38. The number of benzene rings is 1. The molecule has 1 aromatic carbocycles. The van der Waals surface area contributed by atoms with Crippen molar-refractivity contribution in [2.75, 3.05) is 25.1 Å². The first-order valence-electron chi connectivity index (χ1n) is 4.92. The summed E-state index contributed by atoms with van der Waals surface area (Å²) >= 11 is 0. The molecule has 0 atom stereocenters. The van der Waals surface area contributed by atoms with Gasteiger partial charge in [0.1, 0.15) is 0 Å². The highest BCUT2D eigenvalue weighted by Crippen LogP contribution is 2.22. The lowest BCUT2D eigenvalue weighted by atomic mass is 10.1. The summed E-state index contributed by atoms with van der Waals surface area (Å²) in [6.45, 7) is 0.279. The first-order valence-corrected chi connectivity index (χ1v) is 4.92. The molecule has 1 aromatic rings. The molecule has 6 heteroatoms. The minimum absolute atomic E-state index is 0.00185. The monoisotopic (exact) mass is 226 g/mol. The van der Waals surface area contributed by atoms with E-state index in [1.54, 1.807) is 6.07 Å². The van der Waals surface area contributed by atoms with Crippen molar-refractivity contribution < 1.29 is 15.1 Å². The lowest BCUT2D eigenvalue weighted by molar-refractivity contribution is -0.384. The maximum atomic E-state index is 10.6. The highest BCUT2D eigenvalue weighted by molar-refractivity contribution is 5.56. The Kier molecular flexibility index (Phi) is 4.68. The number of hydrogen-bond acceptors (Lipinski definition) is 5. The summed E-state index contributed by atoms with van der Waals surface area (Å²) in [5.74, 6) is 0. The summed E-state index contributed by atoms with van der Waals surface area (Å²) in [6.07, 6.45) is 0.343. The second-order valence-corrected chi connectivity index (χ2v) is 3.22. The number of nitrogens with one attached hydrogen (secondary N) is 1. The standard InChI is InChI=1S/C10H14N2O4/c13-5-3-8-7-9(12(15)16)1-2-10(8)11-4-6-14/h1-2,7,11,13-14H,3-6H2. The van der Waals surface area contributed by atoms with Crippen molar-refractivity contribution >= 4 is 11.4 Å². The first kappa shape index (κ1) is 12.4. The maximum absolute atomic E-state index is 10.6. The number of aliphatic hydroxyl groups excluding tert-OH is 2. The molecule has 1 rings (SSSR count). The van der Waals surface area contributed by atoms with Crippen LogP contribution in [0.1, 0.15) is 5.56 Å². The second-order valence-electron chi connectivity index (χ2n) is 3.22. The summed E-state index contributed by atoms with van der Waals surface area (Å²) in [5, 5.41) is 31.0. The molecule has 0 aliphatic heterocycles. The molecule has 16 heavy (non-hydrogen) atoms. The van der Waals surface area contributed by atoms with Crippen LogP contribution in [0, 0.1) is 10.1 Å². The molecule has 3 N–H and O–H groups in total. The minimum Gasteiger partial charge on any atom is -0.396 e. The predicted molar refractivity (Wildman–Crippen MR) is 59.5 cm³/mol. The van der Waals surface area contributed by atoms with E-state index >= 15 is 0 Å². The van der Waals surface area contributed by atoms with Crippen molar-refractivity contribution in [3.8, 4) is 0 Å². The number of aliphatic hydroxyl groups is 2. The van der Waals surface area contributed by atoms with Gasteiger partial charge >= 0.3 is 0 Å². The van der Waals surface area contributed by atoms with E-state index < -0.39 is 4.92 Å². The smallest absolute Gasteiger partial charge is 0.269 e. The SMILES string of the molecule is O=[N+]([O-])c1ccc(NCCO)c(CCO)c1. The number of nitrogens with zero attached hydrogens (tertiary/aromatic N) is 1. The highest BCUT2D eigenvalue weighted by Gasteiger charge is 2.09. The van der Waals surface area contributed by atoms with Gasteiger partial charge in [-0.3, -0.25) is 10.1 Å². The van der Waals surface area contributed by atoms with Crippen molar-refractivity contribution in [2.24, 2.45) is 0 Å². The van der Waals surface area contributed by atoms with Crippen LogP contribution in [-0.2, 0) is 6.42 Å². The van der Waals surface area contributed by atoms with Crippen LogP contribution in [-0.4, -0.2) is 34.9 Å². The van der Waals surface area contributed by atoms with Crippen LogP contribution >= 0.6 is 0 Å². The maximum Gasteiger partial charge on any atom is 0.269 e. The highest BCUT2D eigenvalue weighted by atomic mass is 16.6. The summed E-state index contributed by atoms with van der Waals surface area (Å²) in [4.78, 5) is 10.1. The Morgan fingerprint density at radius 2 is 2.06 bits per heavy atom. The average molecular weight is 226 g/mol. The Hall–Kier alpha value is -1.66. The average Bonchev–Trinajstić information content (AvgIpc) is 2.27. The Bertz CT molecular complexity index is 368. The molecule has 0 radical (unpaired) electrons. The summed E-state index contributed by atoms with van der Waals surface area (Å²) < 4.78 is 0. The summed E-state index contributed by atoms with van der Waals surface area (Å²) in [5.41, 5.74) is 1.37. The molecule has 6 nitrogen and oxygen atoms in total. The van der Waals surface area contributed by atoms with Crippen LogP contribution in [0.15, 0.2) is 18.2 Å². The van der Waals surface area contributed by atoms with E-state index in [4.69, 9.17) is 10.2 Å². The third-order valence-corrected chi connectivity index (χ3v) is 2.11. The molecular weight excluding hydrogens is 212 g/mol. The quantitative estimate of drug-likeness (QED) is 0.486. The molecule has 0 aliphatic rings. The van der Waals surface area contributed by atoms with E-state index in [2.05, 4.69) is 5.32 Å². The van der Waals surface area contributed by atoms with Gasteiger partial charge < -0.3 is 15.5 Å². The summed E-state index contributed by atoms with van der Waals surface area (Å²) in [7, 11) is 0. The van der Waals surface area contributed by atoms with Gasteiger partial charge in [-0.2, -0.15) is 0 Å². The Morgan fingerprint density at radius 3 is 2.62 bits per heavy atom. The van der Waals surface area contributed by atoms with Crippen LogP contribution in [0.25, 0.3) is 0 Å². The van der Waals surface area contributed by atoms with Crippen LogP contribution in [0.5, 0.6) is 0 Å². The van der Waals surface area contributed by atoms with Gasteiger partial charge in [0.15, 0.2) is 0 Å². The normalized spacial score (nSPS) is 10.1. The van der Waals surface area contributed by atoms with Gasteiger partial charge in [0.05, 0.1) is 11.5 Å². The van der Waals surface area contributed by atoms with E-state index in [9.17, 15) is 10.1 Å². The minimum atomic E-state index is -0.475. The van der Waals surface area contributed by atoms with Gasteiger partial charge in [-0.25, -0.2) is 0 Å². The first-order chi connectivity index (χ1) is 7.69. The molecule has 0 amide bonds. The third-order valence-electron chi connectivity index (χ3n) is 2.11. The molecule has 0 unspecified atom stereocenters. The van der Waals surface area contributed by atoms with Gasteiger partial charge in [-0.1, -0.05) is 0 Å². The van der Waals surface area contributed by atoms with Crippen molar-refractivity contribution in [2.45, 2.75) is 6.42 Å². The Labute approximate surface area is 92.7 Å². The Morgan fingerprint density at radius 1 is 1.31 bits per heavy atom. The number of nitro benzene ring substituents is 1. The van der Waals surface area contributed by atoms with Crippen LogP contribution < -0.4 is 5.32 Å². The number of non-ortho nitro benzene ring substituents is 1. The van der Waals surface area contributed by atoms with E-state index in [0.29, 0.717) is 24.2 Å². The number of rotatable bonds is 6. The number of anilines is 1. The van der Waals surface area contributed by atoms with Gasteiger partial charge in [-0.05, 0) is 18.1 Å². The zero-order valence-electron chi connectivity index (χ0n) is 8.72. The lowest BCUT2D eigenvalue weighted by Gasteiger charge is -2.09. The molecule has 0 saturated heterocycles. The van der Waals surface area contributed by atoms with Crippen LogP contribution in [0.3, 0.4) is 0 Å². The topological polar surface area (TPSA) is 95.6 Å². The number of nitro groups is 1. The molecule has 88 valence electrons. The molecule has 0 fully saturated rings. The fourth-order valence-electron chi connectivity index (χ4n) is 1.38. The molecule has 0 heterocycles. The van der Waals surface area contributed by atoms with Gasteiger partial charge in [0, 0.05) is 31.0 Å². The van der Waals surface area contributed by atoms with Crippen LogP contribution in [0.4, 0.5) is 11.4 Å². The van der Waals surface area contributed by atoms with Gasteiger partial charge in [0.25, 0.3) is 5.69 Å². The molecule has 0 aromatic heterocycles. The van der Waals surface area contributed by atoms with Crippen LogP contribution in [0.2, 0.25) is 0 Å². The third kappa shape index (κ3) is 3.18. The Balaban J connectivity index is 2.94. The zero-order valence-corrected chi connectivity index (χ0v) is 8.72. The van der Waals surface area contributed by atoms with Crippen molar-refractivity contribution in [3.05, 3.63) is 33.9 Å². The number of hydrogen-bond donors (Lipinski definition) is 3. The molecule has 0 spiro atoms. The fraction of sp³-hybridized carbons (Fsp3) is 0.400. The molecular formula is C10H14N2O4. The van der Waals surface area contributed by atoms with E-state index in [1.165, 1.54) is 12.1 Å². The zero-order chi connectivity index (χ0) is 12.0. The van der Waals surface area contributed by atoms with Crippen molar-refractivity contribution in [3.63, 3.8) is 0 Å². The van der Waals surface area contributed by atoms with E-state index in [1.807, 2.05) is 0 Å². The van der Waals surface area contributed by atoms with Gasteiger partial charge in [-0.15, -0.1) is 0 Å². The van der Waals surface area contributed by atoms with Crippen molar-refractivity contribution in [1.29, 1.82) is 0 Å². The second kappa shape index (κ2) is 6.04. The molecule has 0 bridgehead atoms. The summed E-state index contributed by atoms with van der Waals surface area (Å²) in [6, 6.07) is 4.40. The molecule has 0 saturated carbocycles. The lowest BCUT2D eigenvalue weighted by Crippen LogP contribution is -2.08. The van der Waals surface area contributed by atoms with Crippen molar-refractivity contribution in [1.82, 2.24) is 0 Å². The molecule has 0 aliphatic carbocycles. The predicted octanol–water partition coefficient (Wildman–Crippen LogP) is 0.534.